The zero-order chi connectivity index (χ0) is 15.5. The number of aromatic amines is 1. The Morgan fingerprint density at radius 3 is 2.86 bits per heavy atom. The van der Waals surface area contributed by atoms with E-state index in [-0.39, 0.29) is 27.0 Å². The van der Waals surface area contributed by atoms with E-state index in [1.54, 1.807) is 0 Å². The Bertz CT molecular complexity index is 825. The van der Waals surface area contributed by atoms with Gasteiger partial charge in [0.05, 0.1) is 15.6 Å². The van der Waals surface area contributed by atoms with Crippen molar-refractivity contribution in [1.29, 1.82) is 5.26 Å². The number of anilines is 1. The minimum absolute atomic E-state index is 0.0528. The molecule has 1 aromatic carbocycles. The number of halogens is 1. The molecule has 21 heavy (non-hydrogen) atoms. The molecular formula is C10H7ClN6O3S. The van der Waals surface area contributed by atoms with Crippen LogP contribution in [-0.4, -0.2) is 33.6 Å². The summed E-state index contributed by atoms with van der Waals surface area (Å²) in [5, 5.41) is 24.6. The van der Waals surface area contributed by atoms with Crippen molar-refractivity contribution in [3.05, 3.63) is 35.2 Å². The van der Waals surface area contributed by atoms with E-state index in [1.807, 2.05) is 6.07 Å². The molecule has 11 heteroatoms. The van der Waals surface area contributed by atoms with E-state index in [0.29, 0.717) is 0 Å². The second-order valence-electron chi connectivity index (χ2n) is 3.67. The van der Waals surface area contributed by atoms with Crippen LogP contribution >= 0.6 is 11.6 Å². The van der Waals surface area contributed by atoms with Gasteiger partial charge in [0.2, 0.25) is 5.82 Å². The van der Waals surface area contributed by atoms with Gasteiger partial charge < -0.3 is 5.32 Å². The van der Waals surface area contributed by atoms with Gasteiger partial charge in [-0.1, -0.05) is 11.6 Å². The maximum atomic E-state index is 11.1. The normalized spacial score (nSPS) is 12.0. The molecule has 2 rings (SSSR count). The van der Waals surface area contributed by atoms with Crippen LogP contribution in [-0.2, 0) is 10.1 Å². The number of hydrogen-bond acceptors (Lipinski definition) is 7. The lowest BCUT2D eigenvalue weighted by atomic mass is 10.3. The van der Waals surface area contributed by atoms with E-state index in [2.05, 4.69) is 25.9 Å². The Labute approximate surface area is 124 Å². The third kappa shape index (κ3) is 3.54. The number of nitrogens with one attached hydrogen (secondary N) is 2. The van der Waals surface area contributed by atoms with Crippen molar-refractivity contribution in [2.45, 2.75) is 4.90 Å². The van der Waals surface area contributed by atoms with Gasteiger partial charge in [0.15, 0.2) is 0 Å². The van der Waals surface area contributed by atoms with Crippen LogP contribution in [0.3, 0.4) is 0 Å². The van der Waals surface area contributed by atoms with Crippen molar-refractivity contribution in [2.24, 2.45) is 0 Å². The maximum absolute atomic E-state index is 11.1. The fraction of sp³-hybridized carbons (Fsp3) is 0. The second-order valence-corrected chi connectivity index (χ2v) is 5.50. The summed E-state index contributed by atoms with van der Waals surface area (Å²) in [6.07, 6.45) is 1.24. The molecule has 0 aliphatic carbocycles. The number of benzene rings is 1. The van der Waals surface area contributed by atoms with Gasteiger partial charge in [0.25, 0.3) is 10.1 Å². The summed E-state index contributed by atoms with van der Waals surface area (Å²) in [5.41, 5.74) is 0.236. The third-order valence-corrected chi connectivity index (χ3v) is 3.49. The average Bonchev–Trinajstić information content (AvgIpc) is 2.94. The van der Waals surface area contributed by atoms with Crippen LogP contribution in [0, 0.1) is 11.3 Å². The first-order valence-electron chi connectivity index (χ1n) is 5.29. The van der Waals surface area contributed by atoms with Crippen LogP contribution in [0.4, 0.5) is 5.69 Å². The molecule has 0 unspecified atom stereocenters. The molecule has 0 bridgehead atoms. The molecule has 0 radical (unpaired) electrons. The summed E-state index contributed by atoms with van der Waals surface area (Å²) >= 11 is 5.90. The van der Waals surface area contributed by atoms with Gasteiger partial charge in [-0.2, -0.15) is 18.9 Å². The van der Waals surface area contributed by atoms with Crippen molar-refractivity contribution in [3.63, 3.8) is 0 Å². The number of allylic oxidation sites excluding steroid dienone is 1. The molecule has 108 valence electrons. The van der Waals surface area contributed by atoms with E-state index in [0.717, 1.165) is 12.1 Å². The number of tetrazole rings is 1. The highest BCUT2D eigenvalue weighted by atomic mass is 35.5. The first kappa shape index (κ1) is 14.9. The highest BCUT2D eigenvalue weighted by molar-refractivity contribution is 7.85. The molecule has 0 saturated carbocycles. The number of nitriles is 1. The molecule has 1 aromatic heterocycles. The number of nitrogens with zero attached hydrogens (tertiary/aromatic N) is 4. The summed E-state index contributed by atoms with van der Waals surface area (Å²) < 4.78 is 31.1. The van der Waals surface area contributed by atoms with Crippen LogP contribution < -0.4 is 5.32 Å². The monoisotopic (exact) mass is 326 g/mol. The lowest BCUT2D eigenvalue weighted by Crippen LogP contribution is -2.00. The molecule has 0 atom stereocenters. The van der Waals surface area contributed by atoms with Gasteiger partial charge in [-0.25, -0.2) is 0 Å². The first-order chi connectivity index (χ1) is 9.91. The van der Waals surface area contributed by atoms with Crippen LogP contribution in [0.15, 0.2) is 29.3 Å². The second kappa shape index (κ2) is 5.88. The molecular weight excluding hydrogens is 320 g/mol. The Morgan fingerprint density at radius 1 is 1.52 bits per heavy atom. The molecule has 3 N–H and O–H groups in total. The van der Waals surface area contributed by atoms with Crippen LogP contribution in [0.5, 0.6) is 0 Å². The van der Waals surface area contributed by atoms with Crippen LogP contribution in [0.1, 0.15) is 5.82 Å². The Morgan fingerprint density at radius 2 is 2.29 bits per heavy atom. The van der Waals surface area contributed by atoms with Crippen molar-refractivity contribution in [1.82, 2.24) is 20.6 Å². The summed E-state index contributed by atoms with van der Waals surface area (Å²) in [5.74, 6) is 0.0621. The Hall–Kier alpha value is -2.48. The van der Waals surface area contributed by atoms with E-state index in [1.165, 1.54) is 12.3 Å². The fourth-order valence-electron chi connectivity index (χ4n) is 1.35. The molecule has 9 nitrogen and oxygen atoms in total. The van der Waals surface area contributed by atoms with Gasteiger partial charge in [0.1, 0.15) is 11.6 Å². The lowest BCUT2D eigenvalue weighted by molar-refractivity contribution is 0.483. The Balaban J connectivity index is 2.34. The van der Waals surface area contributed by atoms with Gasteiger partial charge >= 0.3 is 0 Å². The number of hydrogen-bond donors (Lipinski definition) is 3. The zero-order valence-corrected chi connectivity index (χ0v) is 11.7. The van der Waals surface area contributed by atoms with Crippen molar-refractivity contribution in [3.8, 4) is 6.07 Å². The smallest absolute Gasteiger partial charge is 0.294 e. The summed E-state index contributed by atoms with van der Waals surface area (Å²) in [6, 6.07) is 5.41. The zero-order valence-electron chi connectivity index (χ0n) is 10.1. The molecule has 0 saturated heterocycles. The topological polar surface area (TPSA) is 145 Å². The van der Waals surface area contributed by atoms with Crippen LogP contribution in [0.25, 0.3) is 5.57 Å². The minimum Gasteiger partial charge on any atom is -0.359 e. The fourth-order valence-corrected chi connectivity index (χ4v) is 2.03. The predicted octanol–water partition coefficient (Wildman–Crippen LogP) is 1.08. The summed E-state index contributed by atoms with van der Waals surface area (Å²) in [7, 11) is -4.35. The average molecular weight is 327 g/mol. The van der Waals surface area contributed by atoms with Gasteiger partial charge in [-0.15, -0.1) is 10.2 Å². The van der Waals surface area contributed by atoms with Gasteiger partial charge in [-0.3, -0.25) is 4.55 Å². The van der Waals surface area contributed by atoms with Crippen LogP contribution in [0.2, 0.25) is 5.02 Å². The molecule has 0 fully saturated rings. The van der Waals surface area contributed by atoms with E-state index in [9.17, 15) is 8.42 Å². The van der Waals surface area contributed by atoms with Gasteiger partial charge in [-0.05, 0) is 23.4 Å². The standard InChI is InChI=1S/C10H7ClN6O3S/c11-8-2-1-7(21(18,19)20)3-9(8)13-5-6(4-12)10-14-16-17-15-10/h1-3,5,13H,(H,18,19,20)(H,14,15,16,17). The summed E-state index contributed by atoms with van der Waals surface area (Å²) in [4.78, 5) is -0.333. The van der Waals surface area contributed by atoms with Crippen molar-refractivity contribution >= 4 is 33.0 Å². The summed E-state index contributed by atoms with van der Waals surface area (Å²) in [6.45, 7) is 0. The highest BCUT2D eigenvalue weighted by Crippen LogP contribution is 2.25. The minimum atomic E-state index is -4.35. The van der Waals surface area contributed by atoms with Crippen molar-refractivity contribution < 1.29 is 13.0 Å². The Kier molecular flexibility index (Phi) is 4.18. The van der Waals surface area contributed by atoms with E-state index < -0.39 is 10.1 Å². The molecule has 0 spiro atoms. The SMILES string of the molecule is N#CC(=CNc1cc(S(=O)(=O)O)ccc1Cl)c1nn[nH]n1. The molecule has 0 aliphatic rings. The first-order valence-corrected chi connectivity index (χ1v) is 7.11. The number of H-pyrrole nitrogens is 1. The lowest BCUT2D eigenvalue weighted by Gasteiger charge is -2.06. The largest absolute Gasteiger partial charge is 0.359 e. The molecule has 1 heterocycles. The quantitative estimate of drug-likeness (QED) is 0.559. The maximum Gasteiger partial charge on any atom is 0.294 e. The molecule has 0 aliphatic heterocycles. The highest BCUT2D eigenvalue weighted by Gasteiger charge is 2.12. The van der Waals surface area contributed by atoms with E-state index in [4.69, 9.17) is 21.4 Å². The molecule has 0 amide bonds. The van der Waals surface area contributed by atoms with Gasteiger partial charge in [0, 0.05) is 6.20 Å². The van der Waals surface area contributed by atoms with Crippen molar-refractivity contribution in [2.75, 3.05) is 5.32 Å². The molecule has 2 aromatic rings. The predicted molar refractivity (Wildman–Crippen MR) is 72.7 cm³/mol. The van der Waals surface area contributed by atoms with E-state index >= 15 is 0 Å². The third-order valence-electron chi connectivity index (χ3n) is 2.31. The number of rotatable bonds is 4. The number of aromatic nitrogens is 4.